The second-order valence-electron chi connectivity index (χ2n) is 9.47. The molecule has 4 rings (SSSR count). The summed E-state index contributed by atoms with van der Waals surface area (Å²) in [5.74, 6) is -1.03. The standard InChI is InChI=1S/C26H30ClNO7/c1-25(2)14-20(16-8-12-19(31-3)13-9-16)22-26(23(29)32-4,24(30)33-5)15-21(34-28(22)35-25)17-6-10-18(27)11-7-17/h6-13,20-22H,14-15H2,1-5H3/t20-,21-,22+/m0/s1. The number of ether oxygens (including phenoxy) is 3. The Morgan fingerprint density at radius 1 is 0.914 bits per heavy atom. The molecular formula is C26H30ClNO7. The molecule has 188 valence electrons. The average Bonchev–Trinajstić information content (AvgIpc) is 2.86. The summed E-state index contributed by atoms with van der Waals surface area (Å²) in [6.07, 6.45) is -0.163. The number of hydroxylamine groups is 2. The number of nitrogens with zero attached hydrogens (tertiary/aromatic N) is 1. The monoisotopic (exact) mass is 503 g/mol. The first-order valence-electron chi connectivity index (χ1n) is 11.4. The lowest BCUT2D eigenvalue weighted by atomic mass is 9.65. The molecule has 8 nitrogen and oxygen atoms in total. The van der Waals surface area contributed by atoms with Gasteiger partial charge in [-0.2, -0.15) is 0 Å². The summed E-state index contributed by atoms with van der Waals surface area (Å²) < 4.78 is 15.8. The van der Waals surface area contributed by atoms with E-state index in [1.807, 2.05) is 38.1 Å². The lowest BCUT2D eigenvalue weighted by Crippen LogP contribution is -2.67. The van der Waals surface area contributed by atoms with Crippen molar-refractivity contribution in [1.82, 2.24) is 5.23 Å². The van der Waals surface area contributed by atoms with Crippen LogP contribution in [0.15, 0.2) is 48.5 Å². The molecule has 0 N–H and O–H groups in total. The third-order valence-electron chi connectivity index (χ3n) is 6.79. The maximum atomic E-state index is 13.5. The van der Waals surface area contributed by atoms with Crippen LogP contribution in [0.1, 0.15) is 49.8 Å². The van der Waals surface area contributed by atoms with E-state index in [1.165, 1.54) is 19.4 Å². The number of esters is 2. The van der Waals surface area contributed by atoms with Crippen molar-refractivity contribution in [2.45, 2.75) is 50.4 Å². The molecule has 2 aromatic carbocycles. The van der Waals surface area contributed by atoms with Crippen LogP contribution < -0.4 is 4.74 Å². The average molecular weight is 504 g/mol. The van der Waals surface area contributed by atoms with Gasteiger partial charge in [0.05, 0.1) is 33.0 Å². The zero-order chi connectivity index (χ0) is 25.4. The molecule has 0 saturated carbocycles. The number of benzene rings is 2. The maximum absolute atomic E-state index is 13.5. The zero-order valence-corrected chi connectivity index (χ0v) is 21.2. The van der Waals surface area contributed by atoms with E-state index < -0.39 is 35.1 Å². The van der Waals surface area contributed by atoms with Crippen LogP contribution in [-0.2, 0) is 28.7 Å². The maximum Gasteiger partial charge on any atom is 0.325 e. The highest BCUT2D eigenvalue weighted by molar-refractivity contribution is 6.30. The quantitative estimate of drug-likeness (QED) is 0.431. The molecule has 2 heterocycles. The van der Waals surface area contributed by atoms with E-state index in [-0.39, 0.29) is 12.3 Å². The van der Waals surface area contributed by atoms with E-state index in [9.17, 15) is 9.59 Å². The first kappa shape index (κ1) is 25.4. The molecule has 35 heavy (non-hydrogen) atoms. The van der Waals surface area contributed by atoms with Crippen LogP contribution in [0.2, 0.25) is 5.02 Å². The van der Waals surface area contributed by atoms with Crippen molar-refractivity contribution in [1.29, 1.82) is 0 Å². The molecule has 0 aliphatic carbocycles. The first-order valence-corrected chi connectivity index (χ1v) is 11.7. The van der Waals surface area contributed by atoms with E-state index in [0.29, 0.717) is 17.2 Å². The molecule has 2 aliphatic heterocycles. The number of hydrogen-bond acceptors (Lipinski definition) is 8. The van der Waals surface area contributed by atoms with Crippen LogP contribution in [0.25, 0.3) is 0 Å². The molecule has 0 radical (unpaired) electrons. The molecule has 2 saturated heterocycles. The number of halogens is 1. The molecule has 0 amide bonds. The van der Waals surface area contributed by atoms with Gasteiger partial charge in [0.25, 0.3) is 0 Å². The van der Waals surface area contributed by atoms with Crippen LogP contribution in [0.3, 0.4) is 0 Å². The number of rotatable bonds is 5. The van der Waals surface area contributed by atoms with Gasteiger partial charge in [0.2, 0.25) is 0 Å². The number of hydrogen-bond donors (Lipinski definition) is 0. The van der Waals surface area contributed by atoms with Gasteiger partial charge in [-0.25, -0.2) is 0 Å². The summed E-state index contributed by atoms with van der Waals surface area (Å²) >= 11 is 6.08. The first-order chi connectivity index (χ1) is 16.6. The second-order valence-corrected chi connectivity index (χ2v) is 9.91. The fourth-order valence-corrected chi connectivity index (χ4v) is 5.30. The van der Waals surface area contributed by atoms with E-state index >= 15 is 0 Å². The summed E-state index contributed by atoms with van der Waals surface area (Å²) in [5, 5.41) is 1.87. The van der Waals surface area contributed by atoms with Crippen LogP contribution in [0, 0.1) is 5.41 Å². The highest BCUT2D eigenvalue weighted by Gasteiger charge is 2.66. The minimum atomic E-state index is -1.72. The zero-order valence-electron chi connectivity index (χ0n) is 20.4. The largest absolute Gasteiger partial charge is 0.497 e. The predicted octanol–water partition coefficient (Wildman–Crippen LogP) is 4.63. The summed E-state index contributed by atoms with van der Waals surface area (Å²) in [6.45, 7) is 3.87. The van der Waals surface area contributed by atoms with Gasteiger partial charge in [-0.05, 0) is 55.7 Å². The highest BCUT2D eigenvalue weighted by atomic mass is 35.5. The molecule has 2 aromatic rings. The van der Waals surface area contributed by atoms with Crippen molar-refractivity contribution in [3.63, 3.8) is 0 Å². The third kappa shape index (κ3) is 4.63. The van der Waals surface area contributed by atoms with E-state index in [4.69, 9.17) is 35.5 Å². The van der Waals surface area contributed by atoms with Gasteiger partial charge >= 0.3 is 11.9 Å². The van der Waals surface area contributed by atoms with Gasteiger partial charge in [-0.3, -0.25) is 19.3 Å². The number of methoxy groups -OCH3 is 3. The Bertz CT molecular complexity index is 1050. The molecular weight excluding hydrogens is 474 g/mol. The van der Waals surface area contributed by atoms with Crippen molar-refractivity contribution >= 4 is 23.5 Å². The minimum absolute atomic E-state index is 0.00554. The third-order valence-corrected chi connectivity index (χ3v) is 7.04. The lowest BCUT2D eigenvalue weighted by molar-refractivity contribution is -0.481. The topological polar surface area (TPSA) is 83.5 Å². The Labute approximate surface area is 209 Å². The molecule has 2 aliphatic rings. The summed E-state index contributed by atoms with van der Waals surface area (Å²) in [6, 6.07) is 13.7. The lowest BCUT2D eigenvalue weighted by Gasteiger charge is -2.55. The normalized spacial score (nSPS) is 25.3. The van der Waals surface area contributed by atoms with Crippen molar-refractivity contribution in [2.75, 3.05) is 21.3 Å². The number of fused-ring (bicyclic) bond motifs is 1. The second kappa shape index (κ2) is 9.78. The van der Waals surface area contributed by atoms with Crippen molar-refractivity contribution in [3.05, 3.63) is 64.7 Å². The van der Waals surface area contributed by atoms with Gasteiger partial charge in [-0.1, -0.05) is 41.1 Å². The molecule has 0 bridgehead atoms. The van der Waals surface area contributed by atoms with Crippen molar-refractivity contribution in [3.8, 4) is 5.75 Å². The SMILES string of the molecule is COC(=O)C1(C(=O)OC)C[C@@H](c2ccc(Cl)cc2)ON2OC(C)(C)C[C@@H](c3ccc(OC)cc3)[C@@H]21. The Hall–Kier alpha value is -2.65. The Kier molecular flexibility index (Phi) is 7.11. The number of carbonyl (C=O) groups excluding carboxylic acids is 2. The Balaban J connectivity index is 1.88. The van der Waals surface area contributed by atoms with E-state index in [0.717, 1.165) is 11.1 Å². The summed E-state index contributed by atoms with van der Waals surface area (Å²) in [4.78, 5) is 39.6. The fraction of sp³-hybridized carbons (Fsp3) is 0.462. The summed E-state index contributed by atoms with van der Waals surface area (Å²) in [5.41, 5.74) is -0.727. The smallest absolute Gasteiger partial charge is 0.325 e. The predicted molar refractivity (Wildman–Crippen MR) is 128 cm³/mol. The highest BCUT2D eigenvalue weighted by Crippen LogP contribution is 2.54. The fourth-order valence-electron chi connectivity index (χ4n) is 5.18. The van der Waals surface area contributed by atoms with Gasteiger partial charge < -0.3 is 14.2 Å². The molecule has 0 unspecified atom stereocenters. The Morgan fingerprint density at radius 3 is 2.03 bits per heavy atom. The molecule has 3 atom stereocenters. The van der Waals surface area contributed by atoms with E-state index in [1.54, 1.807) is 31.4 Å². The van der Waals surface area contributed by atoms with Crippen molar-refractivity contribution in [2.24, 2.45) is 5.41 Å². The van der Waals surface area contributed by atoms with Gasteiger partial charge in [-0.15, -0.1) is 0 Å². The van der Waals surface area contributed by atoms with Crippen LogP contribution in [-0.4, -0.2) is 50.1 Å². The Morgan fingerprint density at radius 2 is 1.49 bits per heavy atom. The van der Waals surface area contributed by atoms with Crippen molar-refractivity contribution < 1.29 is 33.5 Å². The van der Waals surface area contributed by atoms with Gasteiger partial charge in [0.1, 0.15) is 11.9 Å². The van der Waals surface area contributed by atoms with Gasteiger partial charge in [0.15, 0.2) is 5.41 Å². The van der Waals surface area contributed by atoms with Crippen LogP contribution >= 0.6 is 11.6 Å². The molecule has 9 heteroatoms. The van der Waals surface area contributed by atoms with Gasteiger partial charge in [0, 0.05) is 17.4 Å². The van der Waals surface area contributed by atoms with Crippen LogP contribution in [0.5, 0.6) is 5.75 Å². The van der Waals surface area contributed by atoms with E-state index in [2.05, 4.69) is 0 Å². The molecule has 0 aromatic heterocycles. The van der Waals surface area contributed by atoms with Crippen LogP contribution in [0.4, 0.5) is 0 Å². The molecule has 2 fully saturated rings. The number of carbonyl (C=O) groups is 2. The molecule has 0 spiro atoms. The summed E-state index contributed by atoms with van der Waals surface area (Å²) in [7, 11) is 4.12. The minimum Gasteiger partial charge on any atom is -0.497 e.